The normalized spacial score (nSPS) is 20.0. The first-order valence-electron chi connectivity index (χ1n) is 11.3. The molecule has 0 N–H and O–H groups in total. The Balaban J connectivity index is 1.79. The second-order valence-corrected chi connectivity index (χ2v) is 10.2. The molecule has 3 heterocycles. The molecule has 2 fully saturated rings. The molecule has 1 unspecified atom stereocenters. The molecule has 4 rings (SSSR count). The molecule has 2 saturated heterocycles. The van der Waals surface area contributed by atoms with Crippen molar-refractivity contribution in [3.63, 3.8) is 0 Å². The number of hydrogen-bond acceptors (Lipinski definition) is 7. The summed E-state index contributed by atoms with van der Waals surface area (Å²) in [5.41, 5.74) is -0.770. The van der Waals surface area contributed by atoms with Crippen LogP contribution in [0.2, 0.25) is 5.15 Å². The zero-order valence-corrected chi connectivity index (χ0v) is 20.8. The smallest absolute Gasteiger partial charge is 0.410 e. The summed E-state index contributed by atoms with van der Waals surface area (Å²) >= 11 is 6.39. The van der Waals surface area contributed by atoms with Gasteiger partial charge in [0, 0.05) is 31.3 Å². The van der Waals surface area contributed by atoms with Gasteiger partial charge in [-0.25, -0.2) is 18.4 Å². The average Bonchev–Trinajstić information content (AvgIpc) is 3.38. The lowest BCUT2D eigenvalue weighted by molar-refractivity contribution is 0.0111. The molecule has 0 bridgehead atoms. The SMILES string of the molecule is COC(=O)c1nnc(Cl)c(-c2cc(F)cc(F)c2)c1N1CCC2(CCCN2C(=O)OC(C)(C)C)C1. The highest BCUT2D eigenvalue weighted by Crippen LogP contribution is 2.45. The van der Waals surface area contributed by atoms with E-state index in [2.05, 4.69) is 10.2 Å². The van der Waals surface area contributed by atoms with E-state index in [1.54, 1.807) is 4.90 Å². The molecular formula is C24H27ClF2N4O4. The van der Waals surface area contributed by atoms with E-state index in [1.165, 1.54) is 7.11 Å². The highest BCUT2D eigenvalue weighted by atomic mass is 35.5. The van der Waals surface area contributed by atoms with Crippen molar-refractivity contribution >= 4 is 29.4 Å². The van der Waals surface area contributed by atoms with Crippen molar-refractivity contribution in [2.75, 3.05) is 31.6 Å². The molecule has 188 valence electrons. The van der Waals surface area contributed by atoms with Gasteiger partial charge in [-0.3, -0.25) is 0 Å². The molecule has 1 aromatic heterocycles. The standard InChI is InChI=1S/C24H27ClF2N4O4/c1-23(2,3)35-22(33)31-8-5-6-24(31)7-9-30(13-24)19-17(14-10-15(26)12-16(27)11-14)20(25)29-28-18(19)21(32)34-4/h10-12H,5-9,13H2,1-4H3. The van der Waals surface area contributed by atoms with Gasteiger partial charge >= 0.3 is 12.1 Å². The number of hydrogen-bond donors (Lipinski definition) is 0. The van der Waals surface area contributed by atoms with Crippen LogP contribution in [0.25, 0.3) is 11.1 Å². The minimum Gasteiger partial charge on any atom is -0.464 e. The molecule has 0 saturated carbocycles. The van der Waals surface area contributed by atoms with Gasteiger partial charge in [-0.05, 0) is 57.7 Å². The number of rotatable bonds is 3. The Kier molecular flexibility index (Phi) is 6.61. The summed E-state index contributed by atoms with van der Waals surface area (Å²) < 4.78 is 38.8. The molecule has 2 aromatic rings. The van der Waals surface area contributed by atoms with Gasteiger partial charge in [0.1, 0.15) is 17.2 Å². The second-order valence-electron chi connectivity index (χ2n) is 9.84. The largest absolute Gasteiger partial charge is 0.464 e. The Bertz CT molecular complexity index is 1150. The number of benzene rings is 1. The number of likely N-dealkylation sites (tertiary alicyclic amines) is 1. The van der Waals surface area contributed by atoms with Crippen molar-refractivity contribution in [3.8, 4) is 11.1 Å². The molecule has 1 atom stereocenters. The van der Waals surface area contributed by atoms with Crippen LogP contribution in [0.4, 0.5) is 19.3 Å². The molecule has 1 amide bonds. The maximum Gasteiger partial charge on any atom is 0.410 e. The predicted octanol–water partition coefficient (Wildman–Crippen LogP) is 4.84. The second kappa shape index (κ2) is 9.22. The van der Waals surface area contributed by atoms with Crippen LogP contribution in [0.1, 0.15) is 50.5 Å². The van der Waals surface area contributed by atoms with Crippen LogP contribution in [0.15, 0.2) is 18.2 Å². The minimum absolute atomic E-state index is 0.110. The lowest BCUT2D eigenvalue weighted by Gasteiger charge is -2.36. The van der Waals surface area contributed by atoms with Gasteiger partial charge in [0.25, 0.3) is 0 Å². The highest BCUT2D eigenvalue weighted by molar-refractivity contribution is 6.33. The van der Waals surface area contributed by atoms with Gasteiger partial charge in [-0.15, -0.1) is 10.2 Å². The third-order valence-electron chi connectivity index (χ3n) is 6.29. The number of esters is 1. The Hall–Kier alpha value is -3.01. The predicted molar refractivity (Wildman–Crippen MR) is 125 cm³/mol. The Morgan fingerprint density at radius 1 is 1.09 bits per heavy atom. The number of nitrogens with zero attached hydrogens (tertiary/aromatic N) is 4. The molecule has 8 nitrogen and oxygen atoms in total. The highest BCUT2D eigenvalue weighted by Gasteiger charge is 2.50. The van der Waals surface area contributed by atoms with Crippen molar-refractivity contribution in [1.29, 1.82) is 0 Å². The molecule has 35 heavy (non-hydrogen) atoms. The van der Waals surface area contributed by atoms with Crippen molar-refractivity contribution < 1.29 is 27.8 Å². The summed E-state index contributed by atoms with van der Waals surface area (Å²) in [6.07, 6.45) is 1.74. The van der Waals surface area contributed by atoms with E-state index in [0.717, 1.165) is 31.0 Å². The number of aromatic nitrogens is 2. The Labute approximate surface area is 207 Å². The monoisotopic (exact) mass is 508 g/mol. The lowest BCUT2D eigenvalue weighted by Crippen LogP contribution is -2.50. The van der Waals surface area contributed by atoms with Gasteiger partial charge in [-0.2, -0.15) is 0 Å². The van der Waals surface area contributed by atoms with Crippen LogP contribution in [-0.4, -0.2) is 65.0 Å². The average molecular weight is 509 g/mol. The third kappa shape index (κ3) is 4.89. The summed E-state index contributed by atoms with van der Waals surface area (Å²) in [7, 11) is 1.20. The van der Waals surface area contributed by atoms with Crippen LogP contribution in [-0.2, 0) is 9.47 Å². The van der Waals surface area contributed by atoms with Crippen molar-refractivity contribution in [2.24, 2.45) is 0 Å². The van der Waals surface area contributed by atoms with E-state index in [-0.39, 0.29) is 27.7 Å². The third-order valence-corrected chi connectivity index (χ3v) is 6.56. The number of anilines is 1. The van der Waals surface area contributed by atoms with E-state index >= 15 is 0 Å². The van der Waals surface area contributed by atoms with Crippen LogP contribution in [0, 0.1) is 11.6 Å². The van der Waals surface area contributed by atoms with Crippen LogP contribution in [0.5, 0.6) is 0 Å². The summed E-state index contributed by atoms with van der Waals surface area (Å²) in [6, 6.07) is 2.98. The zero-order chi connectivity index (χ0) is 25.5. The Morgan fingerprint density at radius 3 is 2.40 bits per heavy atom. The molecule has 0 radical (unpaired) electrons. The van der Waals surface area contributed by atoms with E-state index in [4.69, 9.17) is 21.1 Å². The van der Waals surface area contributed by atoms with Crippen molar-refractivity contribution in [1.82, 2.24) is 15.1 Å². The number of ether oxygens (including phenoxy) is 2. The molecule has 2 aliphatic heterocycles. The summed E-state index contributed by atoms with van der Waals surface area (Å²) in [4.78, 5) is 29.2. The first kappa shape index (κ1) is 25.1. The van der Waals surface area contributed by atoms with E-state index in [9.17, 15) is 18.4 Å². The summed E-state index contributed by atoms with van der Waals surface area (Å²) in [5.74, 6) is -2.37. The topological polar surface area (TPSA) is 84.9 Å². The number of methoxy groups -OCH3 is 1. The molecular weight excluding hydrogens is 482 g/mol. The first-order valence-corrected chi connectivity index (χ1v) is 11.7. The van der Waals surface area contributed by atoms with E-state index in [1.807, 2.05) is 25.7 Å². The fraction of sp³-hybridized carbons (Fsp3) is 0.500. The fourth-order valence-electron chi connectivity index (χ4n) is 4.92. The maximum atomic E-state index is 14.1. The van der Waals surface area contributed by atoms with E-state index in [0.29, 0.717) is 26.1 Å². The number of carbonyl (C=O) groups is 2. The van der Waals surface area contributed by atoms with Crippen LogP contribution < -0.4 is 4.90 Å². The van der Waals surface area contributed by atoms with Gasteiger partial charge in [0.05, 0.1) is 18.3 Å². The number of carbonyl (C=O) groups excluding carboxylic acids is 2. The van der Waals surface area contributed by atoms with Crippen LogP contribution in [0.3, 0.4) is 0 Å². The zero-order valence-electron chi connectivity index (χ0n) is 20.0. The lowest BCUT2D eigenvalue weighted by atomic mass is 9.95. The van der Waals surface area contributed by atoms with Gasteiger partial charge < -0.3 is 19.3 Å². The molecule has 1 aromatic carbocycles. The summed E-state index contributed by atoms with van der Waals surface area (Å²) in [5, 5.41) is 7.68. The van der Waals surface area contributed by atoms with Gasteiger partial charge in [0.2, 0.25) is 0 Å². The quantitative estimate of drug-likeness (QED) is 0.548. The first-order chi connectivity index (χ1) is 16.4. The van der Waals surface area contributed by atoms with E-state index < -0.39 is 34.8 Å². The fourth-order valence-corrected chi connectivity index (χ4v) is 5.15. The van der Waals surface area contributed by atoms with Gasteiger partial charge in [0.15, 0.2) is 10.8 Å². The number of halogens is 3. The maximum absolute atomic E-state index is 14.1. The van der Waals surface area contributed by atoms with Crippen molar-refractivity contribution in [3.05, 3.63) is 40.7 Å². The molecule has 2 aliphatic rings. The number of amides is 1. The minimum atomic E-state index is -0.803. The molecule has 11 heteroatoms. The van der Waals surface area contributed by atoms with Crippen molar-refractivity contribution in [2.45, 2.75) is 51.2 Å². The molecule has 1 spiro atoms. The van der Waals surface area contributed by atoms with Crippen LogP contribution >= 0.6 is 11.6 Å². The summed E-state index contributed by atoms with van der Waals surface area (Å²) in [6.45, 7) is 6.77. The van der Waals surface area contributed by atoms with Gasteiger partial charge in [-0.1, -0.05) is 11.6 Å². The Morgan fingerprint density at radius 2 is 1.77 bits per heavy atom. The molecule has 0 aliphatic carbocycles.